The SMILES string of the molecule is Cc1cnc(Nc2cc(C)n(C)n2)nc1-c1c[nH]c2c(NC(=O)CN3CC[C@@H](O)C3)c(F)ccc12. The number of anilines is 3. The molecule has 4 heterocycles. The van der Waals surface area contributed by atoms with Crippen LogP contribution in [0.25, 0.3) is 22.2 Å². The van der Waals surface area contributed by atoms with E-state index in [0.717, 1.165) is 22.2 Å². The number of hydrogen-bond acceptors (Lipinski definition) is 7. The van der Waals surface area contributed by atoms with Gasteiger partial charge in [0.2, 0.25) is 11.9 Å². The monoisotopic (exact) mass is 478 g/mol. The Bertz CT molecular complexity index is 1390. The van der Waals surface area contributed by atoms with Gasteiger partial charge < -0.3 is 20.7 Å². The van der Waals surface area contributed by atoms with Gasteiger partial charge >= 0.3 is 0 Å². The minimum absolute atomic E-state index is 0.0903. The number of H-pyrrole nitrogens is 1. The van der Waals surface area contributed by atoms with Gasteiger partial charge in [-0.1, -0.05) is 0 Å². The lowest BCUT2D eigenvalue weighted by molar-refractivity contribution is -0.117. The third kappa shape index (κ3) is 4.60. The van der Waals surface area contributed by atoms with Gasteiger partial charge in [0.25, 0.3) is 0 Å². The molecule has 1 saturated heterocycles. The summed E-state index contributed by atoms with van der Waals surface area (Å²) in [6.45, 7) is 5.02. The van der Waals surface area contributed by atoms with Gasteiger partial charge in [0.15, 0.2) is 5.82 Å². The maximum atomic E-state index is 14.8. The standard InChI is InChI=1S/C24H27FN8O2/c1-13-9-27-24(28-19-8-14(2)32(3)31-19)30-21(13)17-10-26-22-16(17)4-5-18(25)23(22)29-20(35)12-33-7-6-15(34)11-33/h4-5,8-10,15,26,34H,6-7,11-12H2,1-3H3,(H,29,35)(H,27,28,30,31)/t15-/m1/s1. The van der Waals surface area contributed by atoms with Crippen LogP contribution in [0.5, 0.6) is 0 Å². The topological polar surface area (TPSA) is 124 Å². The zero-order valence-corrected chi connectivity index (χ0v) is 19.8. The Morgan fingerprint density at radius 2 is 2.17 bits per heavy atom. The van der Waals surface area contributed by atoms with E-state index in [-0.39, 0.29) is 18.1 Å². The lowest BCUT2D eigenvalue weighted by Gasteiger charge is -2.15. The van der Waals surface area contributed by atoms with Gasteiger partial charge in [-0.3, -0.25) is 14.4 Å². The molecule has 0 aliphatic carbocycles. The van der Waals surface area contributed by atoms with E-state index < -0.39 is 11.9 Å². The molecule has 0 spiro atoms. The second-order valence-corrected chi connectivity index (χ2v) is 8.92. The van der Waals surface area contributed by atoms with Crippen LogP contribution in [0, 0.1) is 19.7 Å². The number of aliphatic hydroxyl groups is 1. The van der Waals surface area contributed by atoms with Gasteiger partial charge in [-0.05, 0) is 38.0 Å². The van der Waals surface area contributed by atoms with Crippen LogP contribution in [0.3, 0.4) is 0 Å². The summed E-state index contributed by atoms with van der Waals surface area (Å²) in [5.74, 6) is 0.155. The van der Waals surface area contributed by atoms with E-state index in [0.29, 0.717) is 42.5 Å². The average molecular weight is 479 g/mol. The van der Waals surface area contributed by atoms with Gasteiger partial charge in [-0.25, -0.2) is 14.4 Å². The highest BCUT2D eigenvalue weighted by Crippen LogP contribution is 2.35. The third-order valence-corrected chi connectivity index (χ3v) is 6.27. The molecule has 182 valence electrons. The molecule has 0 saturated carbocycles. The Hall–Kier alpha value is -3.83. The summed E-state index contributed by atoms with van der Waals surface area (Å²) in [5, 5.41) is 20.6. The van der Waals surface area contributed by atoms with Crippen molar-refractivity contribution in [3.63, 3.8) is 0 Å². The van der Waals surface area contributed by atoms with E-state index in [9.17, 15) is 14.3 Å². The molecule has 5 rings (SSSR count). The number of amides is 1. The maximum Gasteiger partial charge on any atom is 0.238 e. The highest BCUT2D eigenvalue weighted by molar-refractivity contribution is 6.06. The van der Waals surface area contributed by atoms with E-state index in [2.05, 4.69) is 30.7 Å². The molecule has 0 bridgehead atoms. The Morgan fingerprint density at radius 1 is 1.34 bits per heavy atom. The second kappa shape index (κ2) is 9.08. The summed E-state index contributed by atoms with van der Waals surface area (Å²) >= 11 is 0. The first-order chi connectivity index (χ1) is 16.8. The number of aliphatic hydroxyl groups excluding tert-OH is 1. The van der Waals surface area contributed by atoms with E-state index in [4.69, 9.17) is 0 Å². The molecule has 11 heteroatoms. The molecule has 1 aliphatic rings. The minimum atomic E-state index is -0.534. The Kier molecular flexibility index (Phi) is 5.95. The Labute approximate surface area is 201 Å². The van der Waals surface area contributed by atoms with Crippen LogP contribution < -0.4 is 10.6 Å². The van der Waals surface area contributed by atoms with Crippen molar-refractivity contribution in [3.8, 4) is 11.3 Å². The highest BCUT2D eigenvalue weighted by Gasteiger charge is 2.23. The van der Waals surface area contributed by atoms with Gasteiger partial charge in [0, 0.05) is 55.2 Å². The first-order valence-corrected chi connectivity index (χ1v) is 11.4. The van der Waals surface area contributed by atoms with Crippen molar-refractivity contribution in [1.29, 1.82) is 0 Å². The number of aromatic amines is 1. The van der Waals surface area contributed by atoms with Crippen LogP contribution in [-0.2, 0) is 11.8 Å². The third-order valence-electron chi connectivity index (χ3n) is 6.27. The normalized spacial score (nSPS) is 16.2. The fourth-order valence-corrected chi connectivity index (χ4v) is 4.34. The summed E-state index contributed by atoms with van der Waals surface area (Å²) in [6, 6.07) is 4.90. The summed E-state index contributed by atoms with van der Waals surface area (Å²) in [7, 11) is 1.86. The van der Waals surface area contributed by atoms with Gasteiger partial charge in [-0.2, -0.15) is 5.10 Å². The van der Waals surface area contributed by atoms with Crippen LogP contribution in [-0.4, -0.2) is 66.4 Å². The molecular formula is C24H27FN8O2. The first-order valence-electron chi connectivity index (χ1n) is 11.4. The largest absolute Gasteiger partial charge is 0.392 e. The molecule has 1 aromatic carbocycles. The average Bonchev–Trinajstić information content (AvgIpc) is 3.50. The summed E-state index contributed by atoms with van der Waals surface area (Å²) in [4.78, 5) is 26.6. The zero-order valence-electron chi connectivity index (χ0n) is 19.8. The van der Waals surface area contributed by atoms with Crippen molar-refractivity contribution >= 4 is 34.3 Å². The summed E-state index contributed by atoms with van der Waals surface area (Å²) < 4.78 is 16.5. The van der Waals surface area contributed by atoms with Crippen molar-refractivity contribution in [2.75, 3.05) is 30.3 Å². The number of likely N-dealkylation sites (tertiary alicyclic amines) is 1. The van der Waals surface area contributed by atoms with Crippen LogP contribution >= 0.6 is 0 Å². The number of halogens is 1. The molecule has 1 fully saturated rings. The molecule has 0 radical (unpaired) electrons. The number of carbonyl (C=O) groups is 1. The molecule has 4 N–H and O–H groups in total. The quantitative estimate of drug-likeness (QED) is 0.336. The number of fused-ring (bicyclic) bond motifs is 1. The molecular weight excluding hydrogens is 451 g/mol. The lowest BCUT2D eigenvalue weighted by atomic mass is 10.1. The molecule has 3 aromatic heterocycles. The van der Waals surface area contributed by atoms with Crippen LogP contribution in [0.1, 0.15) is 17.7 Å². The number of aromatic nitrogens is 5. The van der Waals surface area contributed by atoms with E-state index in [1.54, 1.807) is 23.1 Å². The summed E-state index contributed by atoms with van der Waals surface area (Å²) in [6.07, 6.45) is 3.68. The molecule has 4 aromatic rings. The molecule has 10 nitrogen and oxygen atoms in total. The fraction of sp³-hybridized carbons (Fsp3) is 0.333. The van der Waals surface area contributed by atoms with E-state index in [1.807, 2.05) is 31.9 Å². The number of nitrogens with one attached hydrogen (secondary N) is 3. The summed E-state index contributed by atoms with van der Waals surface area (Å²) in [5.41, 5.74) is 3.84. The molecule has 0 unspecified atom stereocenters. The number of carbonyl (C=O) groups excluding carboxylic acids is 1. The number of benzene rings is 1. The zero-order chi connectivity index (χ0) is 24.7. The molecule has 1 atom stereocenters. The molecule has 35 heavy (non-hydrogen) atoms. The maximum absolute atomic E-state index is 14.8. The van der Waals surface area contributed by atoms with Crippen molar-refractivity contribution < 1.29 is 14.3 Å². The van der Waals surface area contributed by atoms with Crippen molar-refractivity contribution in [2.24, 2.45) is 7.05 Å². The first kappa shape index (κ1) is 22.9. The van der Waals surface area contributed by atoms with Gasteiger partial charge in [0.1, 0.15) is 11.5 Å². The predicted molar refractivity (Wildman–Crippen MR) is 131 cm³/mol. The molecule has 1 amide bonds. The van der Waals surface area contributed by atoms with E-state index in [1.165, 1.54) is 6.07 Å². The van der Waals surface area contributed by atoms with Gasteiger partial charge in [0.05, 0.1) is 23.9 Å². The number of aryl methyl sites for hydroxylation is 3. The van der Waals surface area contributed by atoms with E-state index >= 15 is 0 Å². The Morgan fingerprint density at radius 3 is 2.89 bits per heavy atom. The van der Waals surface area contributed by atoms with Crippen LogP contribution in [0.4, 0.5) is 21.8 Å². The fourth-order valence-electron chi connectivity index (χ4n) is 4.34. The van der Waals surface area contributed by atoms with Crippen molar-refractivity contribution in [3.05, 3.63) is 47.7 Å². The number of nitrogens with zero attached hydrogens (tertiary/aromatic N) is 5. The highest BCUT2D eigenvalue weighted by atomic mass is 19.1. The second-order valence-electron chi connectivity index (χ2n) is 8.92. The number of β-amino-alcohol motifs (C(OH)–C–C–N with tert-alkyl or cyclic N) is 1. The number of rotatable bonds is 6. The number of hydrogen-bond donors (Lipinski definition) is 4. The molecule has 1 aliphatic heterocycles. The minimum Gasteiger partial charge on any atom is -0.392 e. The van der Waals surface area contributed by atoms with Gasteiger partial charge in [-0.15, -0.1) is 0 Å². The lowest BCUT2D eigenvalue weighted by Crippen LogP contribution is -2.32. The van der Waals surface area contributed by atoms with Crippen molar-refractivity contribution in [1.82, 2.24) is 29.6 Å². The van der Waals surface area contributed by atoms with Crippen LogP contribution in [0.15, 0.2) is 30.6 Å². The predicted octanol–water partition coefficient (Wildman–Crippen LogP) is 2.86. The Balaban J connectivity index is 1.44. The smallest absolute Gasteiger partial charge is 0.238 e. The van der Waals surface area contributed by atoms with Crippen molar-refractivity contribution in [2.45, 2.75) is 26.4 Å². The van der Waals surface area contributed by atoms with Crippen LogP contribution in [0.2, 0.25) is 0 Å².